The Morgan fingerprint density at radius 1 is 0.826 bits per heavy atom. The second-order valence-corrected chi connectivity index (χ2v) is 7.42. The van der Waals surface area contributed by atoms with Gasteiger partial charge in [-0.25, -0.2) is 0 Å². The molecule has 1 N–H and O–H groups in total. The van der Waals surface area contributed by atoms with Gasteiger partial charge in [0.15, 0.2) is 0 Å². The molecule has 23 heavy (non-hydrogen) atoms. The van der Waals surface area contributed by atoms with Crippen molar-refractivity contribution in [2.24, 2.45) is 11.8 Å². The van der Waals surface area contributed by atoms with Gasteiger partial charge in [-0.1, -0.05) is 12.8 Å². The van der Waals surface area contributed by atoms with Crippen LogP contribution in [0.2, 0.25) is 0 Å². The first-order valence-electron chi connectivity index (χ1n) is 9.53. The summed E-state index contributed by atoms with van der Waals surface area (Å²) in [6.45, 7) is 5.62. The lowest BCUT2D eigenvalue weighted by atomic mass is 9.95. The van der Waals surface area contributed by atoms with Crippen molar-refractivity contribution in [3.05, 3.63) is 0 Å². The van der Waals surface area contributed by atoms with Crippen molar-refractivity contribution in [3.8, 4) is 0 Å². The van der Waals surface area contributed by atoms with E-state index in [0.717, 1.165) is 51.9 Å². The summed E-state index contributed by atoms with van der Waals surface area (Å²) in [6, 6.07) is 0. The minimum Gasteiger partial charge on any atom is -0.355 e. The monoisotopic (exact) mass is 321 g/mol. The number of hydrogen-bond donors (Lipinski definition) is 1. The summed E-state index contributed by atoms with van der Waals surface area (Å²) >= 11 is 0. The average molecular weight is 321 g/mol. The van der Waals surface area contributed by atoms with Crippen molar-refractivity contribution < 1.29 is 9.59 Å². The highest BCUT2D eigenvalue weighted by Gasteiger charge is 2.35. The van der Waals surface area contributed by atoms with E-state index in [1.54, 1.807) is 0 Å². The fourth-order valence-corrected chi connectivity index (χ4v) is 3.79. The molecule has 0 aromatic carbocycles. The standard InChI is InChI=1S/C18H31N3O2/c22-17(19-9-14-20-10-3-1-2-4-11-20)15-7-12-21(13-8-15)18(23)16-5-6-16/h15-16H,1-14H2,(H,19,22). The van der Waals surface area contributed by atoms with Crippen LogP contribution in [-0.2, 0) is 9.59 Å². The van der Waals surface area contributed by atoms with Gasteiger partial charge in [0.05, 0.1) is 0 Å². The molecule has 130 valence electrons. The minimum absolute atomic E-state index is 0.0994. The second-order valence-electron chi connectivity index (χ2n) is 7.42. The van der Waals surface area contributed by atoms with E-state index in [1.807, 2.05) is 4.90 Å². The third kappa shape index (κ3) is 4.93. The van der Waals surface area contributed by atoms with Crippen LogP contribution in [0.4, 0.5) is 0 Å². The molecule has 2 aliphatic heterocycles. The van der Waals surface area contributed by atoms with Crippen LogP contribution in [0.15, 0.2) is 0 Å². The lowest BCUT2D eigenvalue weighted by Gasteiger charge is -2.31. The number of hydrogen-bond acceptors (Lipinski definition) is 3. The fraction of sp³-hybridized carbons (Fsp3) is 0.889. The summed E-state index contributed by atoms with van der Waals surface area (Å²) in [5.41, 5.74) is 0. The van der Waals surface area contributed by atoms with Gasteiger partial charge in [-0.15, -0.1) is 0 Å². The van der Waals surface area contributed by atoms with Gasteiger partial charge in [-0.3, -0.25) is 9.59 Å². The van der Waals surface area contributed by atoms with E-state index in [0.29, 0.717) is 11.8 Å². The van der Waals surface area contributed by atoms with Crippen LogP contribution in [-0.4, -0.2) is 60.9 Å². The Labute approximate surface area is 139 Å². The molecule has 3 fully saturated rings. The van der Waals surface area contributed by atoms with Gasteiger partial charge in [-0.05, 0) is 51.6 Å². The SMILES string of the molecule is O=C(NCCN1CCCCCC1)C1CCN(C(=O)C2CC2)CC1. The molecule has 2 amide bonds. The van der Waals surface area contributed by atoms with Crippen LogP contribution in [0.5, 0.6) is 0 Å². The maximum Gasteiger partial charge on any atom is 0.225 e. The van der Waals surface area contributed by atoms with Gasteiger partial charge in [-0.2, -0.15) is 0 Å². The molecule has 3 rings (SSSR count). The summed E-state index contributed by atoms with van der Waals surface area (Å²) in [6.07, 6.45) is 9.07. The summed E-state index contributed by atoms with van der Waals surface area (Å²) in [5.74, 6) is 0.916. The Kier molecular flexibility index (Phi) is 5.92. The fourth-order valence-electron chi connectivity index (χ4n) is 3.79. The molecular weight excluding hydrogens is 290 g/mol. The molecule has 0 radical (unpaired) electrons. The Balaban J connectivity index is 1.32. The van der Waals surface area contributed by atoms with E-state index in [4.69, 9.17) is 0 Å². The molecule has 0 atom stereocenters. The number of carbonyl (C=O) groups is 2. The van der Waals surface area contributed by atoms with Crippen LogP contribution in [0.25, 0.3) is 0 Å². The first-order valence-corrected chi connectivity index (χ1v) is 9.53. The number of likely N-dealkylation sites (tertiary alicyclic amines) is 2. The minimum atomic E-state index is 0.0994. The Bertz CT molecular complexity index is 406. The van der Waals surface area contributed by atoms with Gasteiger partial charge < -0.3 is 15.1 Å². The molecule has 2 saturated heterocycles. The molecule has 0 aromatic heterocycles. The highest BCUT2D eigenvalue weighted by Crippen LogP contribution is 2.32. The highest BCUT2D eigenvalue weighted by molar-refractivity contribution is 5.82. The normalized spacial score (nSPS) is 24.3. The van der Waals surface area contributed by atoms with Crippen molar-refractivity contribution in [2.75, 3.05) is 39.3 Å². The molecule has 0 spiro atoms. The molecule has 5 heteroatoms. The molecular formula is C18H31N3O2. The van der Waals surface area contributed by atoms with E-state index in [-0.39, 0.29) is 11.8 Å². The van der Waals surface area contributed by atoms with Gasteiger partial charge >= 0.3 is 0 Å². The molecule has 0 aromatic rings. The van der Waals surface area contributed by atoms with Gasteiger partial charge in [0.2, 0.25) is 11.8 Å². The predicted molar refractivity (Wildman–Crippen MR) is 89.9 cm³/mol. The van der Waals surface area contributed by atoms with Crippen molar-refractivity contribution in [1.82, 2.24) is 15.1 Å². The summed E-state index contributed by atoms with van der Waals surface area (Å²) < 4.78 is 0. The quantitative estimate of drug-likeness (QED) is 0.837. The van der Waals surface area contributed by atoms with E-state index in [1.165, 1.54) is 38.8 Å². The van der Waals surface area contributed by atoms with Gasteiger partial charge in [0.1, 0.15) is 0 Å². The van der Waals surface area contributed by atoms with Gasteiger partial charge in [0.25, 0.3) is 0 Å². The number of carbonyl (C=O) groups excluding carboxylic acids is 2. The average Bonchev–Trinajstić information content (AvgIpc) is 3.42. The van der Waals surface area contributed by atoms with Crippen molar-refractivity contribution in [3.63, 3.8) is 0 Å². The van der Waals surface area contributed by atoms with Crippen LogP contribution in [0, 0.1) is 11.8 Å². The van der Waals surface area contributed by atoms with Crippen LogP contribution in [0.1, 0.15) is 51.4 Å². The molecule has 1 aliphatic carbocycles. The number of amides is 2. The molecule has 0 unspecified atom stereocenters. The molecule has 0 bridgehead atoms. The van der Waals surface area contributed by atoms with Crippen LogP contribution < -0.4 is 5.32 Å². The van der Waals surface area contributed by atoms with Crippen molar-refractivity contribution in [2.45, 2.75) is 51.4 Å². The zero-order chi connectivity index (χ0) is 16.1. The molecule has 5 nitrogen and oxygen atoms in total. The number of nitrogens with one attached hydrogen (secondary N) is 1. The maximum absolute atomic E-state index is 12.3. The second kappa shape index (κ2) is 8.13. The number of piperidine rings is 1. The van der Waals surface area contributed by atoms with E-state index in [2.05, 4.69) is 10.2 Å². The first-order chi connectivity index (χ1) is 11.2. The van der Waals surface area contributed by atoms with Crippen molar-refractivity contribution in [1.29, 1.82) is 0 Å². The lowest BCUT2D eigenvalue weighted by Crippen LogP contribution is -2.44. The Morgan fingerprint density at radius 2 is 1.48 bits per heavy atom. The number of rotatable bonds is 5. The van der Waals surface area contributed by atoms with E-state index >= 15 is 0 Å². The third-order valence-electron chi connectivity index (χ3n) is 5.53. The lowest BCUT2D eigenvalue weighted by molar-refractivity contribution is -0.136. The summed E-state index contributed by atoms with van der Waals surface area (Å²) in [7, 11) is 0. The molecule has 2 heterocycles. The van der Waals surface area contributed by atoms with Crippen LogP contribution >= 0.6 is 0 Å². The maximum atomic E-state index is 12.3. The van der Waals surface area contributed by atoms with E-state index < -0.39 is 0 Å². The Hall–Kier alpha value is -1.10. The summed E-state index contributed by atoms with van der Waals surface area (Å²) in [5, 5.41) is 3.12. The summed E-state index contributed by atoms with van der Waals surface area (Å²) in [4.78, 5) is 28.8. The largest absolute Gasteiger partial charge is 0.355 e. The topological polar surface area (TPSA) is 52.7 Å². The first kappa shape index (κ1) is 16.7. The molecule has 1 saturated carbocycles. The zero-order valence-corrected chi connectivity index (χ0v) is 14.3. The van der Waals surface area contributed by atoms with Gasteiger partial charge in [0, 0.05) is 38.0 Å². The highest BCUT2D eigenvalue weighted by atomic mass is 16.2. The Morgan fingerprint density at radius 3 is 2.09 bits per heavy atom. The molecule has 3 aliphatic rings. The zero-order valence-electron chi connectivity index (χ0n) is 14.3. The number of nitrogens with zero attached hydrogens (tertiary/aromatic N) is 2. The smallest absolute Gasteiger partial charge is 0.225 e. The predicted octanol–water partition coefficient (Wildman–Crippen LogP) is 1.63. The van der Waals surface area contributed by atoms with Crippen LogP contribution in [0.3, 0.4) is 0 Å². The van der Waals surface area contributed by atoms with Crippen molar-refractivity contribution >= 4 is 11.8 Å². The van der Waals surface area contributed by atoms with E-state index in [9.17, 15) is 9.59 Å². The third-order valence-corrected chi connectivity index (χ3v) is 5.53.